The molecule has 0 saturated heterocycles. The molecule has 4 nitrogen and oxygen atoms in total. The fourth-order valence-corrected chi connectivity index (χ4v) is 2.45. The second-order valence-electron chi connectivity index (χ2n) is 4.16. The molecule has 1 heterocycles. The zero-order chi connectivity index (χ0) is 10.7. The van der Waals surface area contributed by atoms with E-state index < -0.39 is 0 Å². The van der Waals surface area contributed by atoms with Gasteiger partial charge in [-0.2, -0.15) is 0 Å². The Morgan fingerprint density at radius 3 is 3.00 bits per heavy atom. The minimum atomic E-state index is -0.150. The number of nitrogens with zero attached hydrogens (tertiary/aromatic N) is 2. The van der Waals surface area contributed by atoms with E-state index in [1.54, 1.807) is 10.8 Å². The van der Waals surface area contributed by atoms with E-state index in [9.17, 15) is 4.79 Å². The lowest BCUT2D eigenvalue weighted by atomic mass is 9.84. The van der Waals surface area contributed by atoms with Gasteiger partial charge in [-0.25, -0.2) is 9.78 Å². The molecule has 4 heteroatoms. The van der Waals surface area contributed by atoms with Gasteiger partial charge in [0.15, 0.2) is 0 Å². The lowest BCUT2D eigenvalue weighted by Crippen LogP contribution is -2.35. The first-order chi connectivity index (χ1) is 7.33. The van der Waals surface area contributed by atoms with E-state index in [0.717, 1.165) is 12.8 Å². The van der Waals surface area contributed by atoms with E-state index in [2.05, 4.69) is 4.98 Å². The van der Waals surface area contributed by atoms with Crippen LogP contribution in [0.1, 0.15) is 31.7 Å². The van der Waals surface area contributed by atoms with E-state index in [4.69, 9.17) is 5.73 Å². The third kappa shape index (κ3) is 2.09. The van der Waals surface area contributed by atoms with Crippen LogP contribution in [0.25, 0.3) is 0 Å². The molecule has 2 unspecified atom stereocenters. The summed E-state index contributed by atoms with van der Waals surface area (Å²) in [5, 5.41) is 0. The molecule has 1 aliphatic rings. The van der Waals surface area contributed by atoms with Crippen molar-refractivity contribution in [1.29, 1.82) is 0 Å². The van der Waals surface area contributed by atoms with E-state index in [1.165, 1.54) is 12.8 Å². The number of hydrogen-bond acceptors (Lipinski definition) is 3. The van der Waals surface area contributed by atoms with Gasteiger partial charge in [-0.3, -0.25) is 4.57 Å². The second kappa shape index (κ2) is 4.57. The van der Waals surface area contributed by atoms with E-state index >= 15 is 0 Å². The van der Waals surface area contributed by atoms with Gasteiger partial charge in [-0.05, 0) is 31.4 Å². The molecule has 1 aromatic rings. The highest BCUT2D eigenvalue weighted by atomic mass is 16.1. The quantitative estimate of drug-likeness (QED) is 0.785. The Morgan fingerprint density at radius 2 is 2.27 bits per heavy atom. The van der Waals surface area contributed by atoms with E-state index in [0.29, 0.717) is 12.5 Å². The van der Waals surface area contributed by atoms with E-state index in [1.807, 2.05) is 12.3 Å². The van der Waals surface area contributed by atoms with Gasteiger partial charge in [0.25, 0.3) is 0 Å². The summed E-state index contributed by atoms with van der Waals surface area (Å²) in [6, 6.07) is 2.06. The zero-order valence-corrected chi connectivity index (χ0v) is 8.80. The Kier molecular flexibility index (Phi) is 3.16. The molecule has 0 radical (unpaired) electrons. The fourth-order valence-electron chi connectivity index (χ4n) is 2.45. The van der Waals surface area contributed by atoms with Crippen molar-refractivity contribution in [2.75, 3.05) is 6.54 Å². The summed E-state index contributed by atoms with van der Waals surface area (Å²) in [6.07, 6.45) is 7.96. The van der Waals surface area contributed by atoms with Crippen LogP contribution in [0, 0.1) is 5.92 Å². The SMILES string of the molecule is NCC1CCCCC1n1cccnc1=O. The third-order valence-electron chi connectivity index (χ3n) is 3.27. The van der Waals surface area contributed by atoms with Crippen LogP contribution in [-0.4, -0.2) is 16.1 Å². The predicted molar refractivity (Wildman–Crippen MR) is 58.5 cm³/mol. The summed E-state index contributed by atoms with van der Waals surface area (Å²) in [5.41, 5.74) is 5.60. The molecule has 1 fully saturated rings. The van der Waals surface area contributed by atoms with Crippen LogP contribution in [-0.2, 0) is 0 Å². The number of aromatic nitrogens is 2. The smallest absolute Gasteiger partial charge is 0.330 e. The van der Waals surface area contributed by atoms with Crippen molar-refractivity contribution in [1.82, 2.24) is 9.55 Å². The van der Waals surface area contributed by atoms with Gasteiger partial charge in [-0.15, -0.1) is 0 Å². The van der Waals surface area contributed by atoms with Crippen LogP contribution in [0.5, 0.6) is 0 Å². The van der Waals surface area contributed by atoms with Crippen molar-refractivity contribution >= 4 is 0 Å². The van der Waals surface area contributed by atoms with Crippen molar-refractivity contribution in [3.63, 3.8) is 0 Å². The Morgan fingerprint density at radius 1 is 1.47 bits per heavy atom. The molecule has 15 heavy (non-hydrogen) atoms. The number of rotatable bonds is 2. The van der Waals surface area contributed by atoms with Gasteiger partial charge in [0, 0.05) is 18.4 Å². The maximum atomic E-state index is 11.6. The topological polar surface area (TPSA) is 60.9 Å². The molecule has 2 N–H and O–H groups in total. The van der Waals surface area contributed by atoms with Gasteiger partial charge in [-0.1, -0.05) is 12.8 Å². The summed E-state index contributed by atoms with van der Waals surface area (Å²) < 4.78 is 1.75. The highest BCUT2D eigenvalue weighted by molar-refractivity contribution is 4.89. The number of hydrogen-bond donors (Lipinski definition) is 1. The lowest BCUT2D eigenvalue weighted by Gasteiger charge is -2.31. The van der Waals surface area contributed by atoms with Gasteiger partial charge >= 0.3 is 5.69 Å². The van der Waals surface area contributed by atoms with Crippen LogP contribution in [0.4, 0.5) is 0 Å². The van der Waals surface area contributed by atoms with Crippen molar-refractivity contribution in [2.24, 2.45) is 11.7 Å². The van der Waals surface area contributed by atoms with Crippen molar-refractivity contribution in [2.45, 2.75) is 31.7 Å². The van der Waals surface area contributed by atoms with Crippen LogP contribution in [0.3, 0.4) is 0 Å². The number of nitrogens with two attached hydrogens (primary N) is 1. The first kappa shape index (κ1) is 10.4. The Bertz CT molecular complexity index is 374. The molecule has 0 bridgehead atoms. The Hall–Kier alpha value is -1.16. The van der Waals surface area contributed by atoms with Crippen LogP contribution in [0.2, 0.25) is 0 Å². The van der Waals surface area contributed by atoms with Gasteiger partial charge in [0.2, 0.25) is 0 Å². The predicted octanol–water partition coefficient (Wildman–Crippen LogP) is 0.933. The first-order valence-corrected chi connectivity index (χ1v) is 5.56. The van der Waals surface area contributed by atoms with Crippen molar-refractivity contribution in [3.05, 3.63) is 28.9 Å². The maximum Gasteiger partial charge on any atom is 0.347 e. The second-order valence-corrected chi connectivity index (χ2v) is 4.16. The largest absolute Gasteiger partial charge is 0.347 e. The van der Waals surface area contributed by atoms with Crippen LogP contribution < -0.4 is 11.4 Å². The molecule has 1 aliphatic carbocycles. The molecule has 82 valence electrons. The monoisotopic (exact) mass is 207 g/mol. The fraction of sp³-hybridized carbons (Fsp3) is 0.636. The Labute approximate surface area is 89.1 Å². The minimum Gasteiger partial charge on any atom is -0.330 e. The normalized spacial score (nSPS) is 26.5. The molecule has 0 aromatic carbocycles. The average molecular weight is 207 g/mol. The van der Waals surface area contributed by atoms with Gasteiger partial charge in [0.05, 0.1) is 0 Å². The first-order valence-electron chi connectivity index (χ1n) is 5.56. The molecular weight excluding hydrogens is 190 g/mol. The standard InChI is InChI=1S/C11H17N3O/c12-8-9-4-1-2-5-10(9)14-7-3-6-13-11(14)15/h3,6-7,9-10H,1-2,4-5,8,12H2. The summed E-state index contributed by atoms with van der Waals surface area (Å²) >= 11 is 0. The summed E-state index contributed by atoms with van der Waals surface area (Å²) in [4.78, 5) is 15.4. The maximum absolute atomic E-state index is 11.6. The zero-order valence-electron chi connectivity index (χ0n) is 8.80. The van der Waals surface area contributed by atoms with Gasteiger partial charge in [0.1, 0.15) is 0 Å². The molecule has 0 spiro atoms. The molecule has 0 aliphatic heterocycles. The lowest BCUT2D eigenvalue weighted by molar-refractivity contribution is 0.238. The van der Waals surface area contributed by atoms with Crippen molar-refractivity contribution < 1.29 is 0 Å². The average Bonchev–Trinajstić information content (AvgIpc) is 2.30. The highest BCUT2D eigenvalue weighted by Crippen LogP contribution is 2.31. The highest BCUT2D eigenvalue weighted by Gasteiger charge is 2.25. The van der Waals surface area contributed by atoms with Crippen molar-refractivity contribution in [3.8, 4) is 0 Å². The molecule has 2 rings (SSSR count). The Balaban J connectivity index is 2.28. The summed E-state index contributed by atoms with van der Waals surface area (Å²) in [6.45, 7) is 0.659. The van der Waals surface area contributed by atoms with Gasteiger partial charge < -0.3 is 5.73 Å². The summed E-state index contributed by atoms with van der Waals surface area (Å²) in [5.74, 6) is 0.431. The summed E-state index contributed by atoms with van der Waals surface area (Å²) in [7, 11) is 0. The minimum absolute atomic E-state index is 0.150. The van der Waals surface area contributed by atoms with Crippen LogP contribution >= 0.6 is 0 Å². The van der Waals surface area contributed by atoms with E-state index in [-0.39, 0.29) is 11.7 Å². The molecule has 0 amide bonds. The van der Waals surface area contributed by atoms with Crippen LogP contribution in [0.15, 0.2) is 23.3 Å². The molecule has 2 atom stereocenters. The molecular formula is C11H17N3O. The molecule has 1 aromatic heterocycles. The third-order valence-corrected chi connectivity index (χ3v) is 3.27. The molecule has 1 saturated carbocycles.